The van der Waals surface area contributed by atoms with Gasteiger partial charge in [-0.05, 0) is 25.5 Å². The lowest BCUT2D eigenvalue weighted by molar-refractivity contribution is 0.122. The van der Waals surface area contributed by atoms with E-state index in [-0.39, 0.29) is 11.9 Å². The van der Waals surface area contributed by atoms with Gasteiger partial charge in [-0.2, -0.15) is 0 Å². The molecule has 1 aliphatic heterocycles. The Balaban J connectivity index is 1.70. The second-order valence-corrected chi connectivity index (χ2v) is 8.21. The Bertz CT molecular complexity index is 1020. The number of β-amino-alcohol motifs (C(OH)–C–C–N with tert-alkyl or cyclic N) is 1. The first-order valence-corrected chi connectivity index (χ1v) is 10.8. The van der Waals surface area contributed by atoms with Gasteiger partial charge < -0.3 is 10.0 Å². The lowest BCUT2D eigenvalue weighted by Gasteiger charge is -2.37. The summed E-state index contributed by atoms with van der Waals surface area (Å²) >= 11 is 0. The van der Waals surface area contributed by atoms with E-state index in [0.717, 1.165) is 48.8 Å². The molecule has 0 saturated carbocycles. The molecule has 0 radical (unpaired) electrons. The van der Waals surface area contributed by atoms with Gasteiger partial charge in [-0.1, -0.05) is 48.5 Å². The number of hydrogen-bond donors (Lipinski definition) is 1. The van der Waals surface area contributed by atoms with E-state index in [1.54, 1.807) is 6.07 Å². The number of hydrogen-bond acceptors (Lipinski definition) is 5. The molecule has 0 amide bonds. The van der Waals surface area contributed by atoms with Crippen LogP contribution in [0.1, 0.15) is 23.7 Å². The molecule has 1 N–H and O–H groups in total. The molecule has 1 aromatic heterocycles. The zero-order chi connectivity index (χ0) is 21.8. The molecule has 0 unspecified atom stereocenters. The van der Waals surface area contributed by atoms with Crippen molar-refractivity contribution in [3.05, 3.63) is 77.2 Å². The molecule has 2 aromatic carbocycles. The number of nitrogens with zero attached hydrogens (tertiary/aromatic N) is 4. The predicted molar refractivity (Wildman–Crippen MR) is 122 cm³/mol. The smallest absolute Gasteiger partial charge is 0.161 e. The van der Waals surface area contributed by atoms with Crippen LogP contribution in [0.5, 0.6) is 0 Å². The molecule has 2 heterocycles. The third-order valence-electron chi connectivity index (χ3n) is 5.74. The van der Waals surface area contributed by atoms with Gasteiger partial charge in [0.2, 0.25) is 0 Å². The maximum atomic E-state index is 14.4. The fraction of sp³-hybridized carbons (Fsp3) is 0.360. The van der Waals surface area contributed by atoms with Gasteiger partial charge in [0.25, 0.3) is 0 Å². The summed E-state index contributed by atoms with van der Waals surface area (Å²) in [6.45, 7) is 7.80. The Labute approximate surface area is 183 Å². The van der Waals surface area contributed by atoms with Gasteiger partial charge in [0.15, 0.2) is 5.82 Å². The van der Waals surface area contributed by atoms with Crippen LogP contribution in [0.15, 0.2) is 54.6 Å². The monoisotopic (exact) mass is 420 g/mol. The van der Waals surface area contributed by atoms with Crippen LogP contribution < -0.4 is 4.90 Å². The summed E-state index contributed by atoms with van der Waals surface area (Å²) in [6.07, 6.45) is 0.116. The van der Waals surface area contributed by atoms with Crippen LogP contribution in [0.25, 0.3) is 11.4 Å². The van der Waals surface area contributed by atoms with Crippen molar-refractivity contribution < 1.29 is 9.50 Å². The molecule has 5 nitrogen and oxygen atoms in total. The van der Waals surface area contributed by atoms with Crippen molar-refractivity contribution >= 4 is 5.82 Å². The van der Waals surface area contributed by atoms with Gasteiger partial charge >= 0.3 is 0 Å². The molecule has 3 aromatic rings. The van der Waals surface area contributed by atoms with E-state index in [1.165, 1.54) is 6.07 Å². The minimum Gasteiger partial charge on any atom is -0.392 e. The van der Waals surface area contributed by atoms with Gasteiger partial charge in [-0.3, -0.25) is 4.90 Å². The van der Waals surface area contributed by atoms with Crippen molar-refractivity contribution in [2.24, 2.45) is 0 Å². The largest absolute Gasteiger partial charge is 0.392 e. The fourth-order valence-corrected chi connectivity index (χ4v) is 4.11. The molecule has 6 heteroatoms. The third-order valence-corrected chi connectivity index (χ3v) is 5.74. The first-order chi connectivity index (χ1) is 15.0. The van der Waals surface area contributed by atoms with E-state index < -0.39 is 0 Å². The molecule has 0 bridgehead atoms. The van der Waals surface area contributed by atoms with Crippen LogP contribution in [0.3, 0.4) is 0 Å². The number of aliphatic hydroxyl groups is 1. The van der Waals surface area contributed by atoms with Crippen LogP contribution in [-0.2, 0) is 6.42 Å². The zero-order valence-electron chi connectivity index (χ0n) is 18.1. The Hall–Kier alpha value is -2.83. The lowest BCUT2D eigenvalue weighted by Crippen LogP contribution is -2.48. The summed E-state index contributed by atoms with van der Waals surface area (Å²) in [6, 6.07) is 16.9. The molecule has 1 atom stereocenters. The molecule has 1 fully saturated rings. The topological polar surface area (TPSA) is 52.5 Å². The van der Waals surface area contributed by atoms with Crippen LogP contribution in [0.4, 0.5) is 10.2 Å². The summed E-state index contributed by atoms with van der Waals surface area (Å²) in [7, 11) is 0. The standard InChI is InChI=1S/C25H29FN4O/c1-18(31)17-29-12-14-30(15-13-29)25-22(16-21-10-6-7-11-23(21)26)19(2)27-24(28-25)20-8-4-3-5-9-20/h3-11,18,31H,12-17H2,1-2H3/t18-/m0/s1. The average Bonchev–Trinajstić information content (AvgIpc) is 2.77. The van der Waals surface area contributed by atoms with Crippen LogP contribution in [0, 0.1) is 12.7 Å². The Kier molecular flexibility index (Phi) is 6.59. The van der Waals surface area contributed by atoms with Crippen LogP contribution in [0.2, 0.25) is 0 Å². The van der Waals surface area contributed by atoms with Crippen molar-refractivity contribution in [2.75, 3.05) is 37.6 Å². The summed E-state index contributed by atoms with van der Waals surface area (Å²) in [5.41, 5.74) is 3.46. The Morgan fingerprint density at radius 2 is 1.65 bits per heavy atom. The molecular weight excluding hydrogens is 391 g/mol. The molecular formula is C25H29FN4O. The number of anilines is 1. The minimum atomic E-state index is -0.339. The molecule has 4 rings (SSSR count). The maximum Gasteiger partial charge on any atom is 0.161 e. The second-order valence-electron chi connectivity index (χ2n) is 8.21. The first-order valence-electron chi connectivity index (χ1n) is 10.8. The normalized spacial score (nSPS) is 15.8. The van der Waals surface area contributed by atoms with E-state index >= 15 is 0 Å². The number of benzene rings is 2. The summed E-state index contributed by atoms with van der Waals surface area (Å²) < 4.78 is 14.4. The lowest BCUT2D eigenvalue weighted by atomic mass is 10.0. The van der Waals surface area contributed by atoms with E-state index in [9.17, 15) is 9.50 Å². The highest BCUT2D eigenvalue weighted by Gasteiger charge is 2.24. The molecule has 0 spiro atoms. The summed E-state index contributed by atoms with van der Waals surface area (Å²) in [5, 5.41) is 9.71. The van der Waals surface area contributed by atoms with E-state index in [4.69, 9.17) is 9.97 Å². The highest BCUT2D eigenvalue weighted by atomic mass is 19.1. The predicted octanol–water partition coefficient (Wildman–Crippen LogP) is 3.68. The van der Waals surface area contributed by atoms with E-state index in [2.05, 4.69) is 9.80 Å². The molecule has 1 saturated heterocycles. The van der Waals surface area contributed by atoms with E-state index in [0.29, 0.717) is 24.4 Å². The van der Waals surface area contributed by atoms with Gasteiger partial charge in [0, 0.05) is 56.0 Å². The van der Waals surface area contributed by atoms with Crippen molar-refractivity contribution in [3.63, 3.8) is 0 Å². The maximum absolute atomic E-state index is 14.4. The number of rotatable bonds is 6. The van der Waals surface area contributed by atoms with Gasteiger partial charge in [0.1, 0.15) is 11.6 Å². The van der Waals surface area contributed by atoms with Crippen molar-refractivity contribution in [1.82, 2.24) is 14.9 Å². The number of aliphatic hydroxyl groups excluding tert-OH is 1. The molecule has 0 aliphatic carbocycles. The molecule has 162 valence electrons. The summed E-state index contributed by atoms with van der Waals surface area (Å²) in [4.78, 5) is 14.3. The number of aryl methyl sites for hydroxylation is 1. The van der Waals surface area contributed by atoms with Crippen LogP contribution >= 0.6 is 0 Å². The van der Waals surface area contributed by atoms with Crippen molar-refractivity contribution in [1.29, 1.82) is 0 Å². The number of piperazine rings is 1. The second kappa shape index (κ2) is 9.54. The van der Waals surface area contributed by atoms with Crippen molar-refractivity contribution in [3.8, 4) is 11.4 Å². The van der Waals surface area contributed by atoms with Gasteiger partial charge in [0.05, 0.1) is 6.10 Å². The fourth-order valence-electron chi connectivity index (χ4n) is 4.11. The third kappa shape index (κ3) is 5.09. The van der Waals surface area contributed by atoms with Crippen molar-refractivity contribution in [2.45, 2.75) is 26.4 Å². The quantitative estimate of drug-likeness (QED) is 0.659. The van der Waals surface area contributed by atoms with Crippen LogP contribution in [-0.4, -0.2) is 58.8 Å². The first kappa shape index (κ1) is 21.4. The van der Waals surface area contributed by atoms with E-state index in [1.807, 2.05) is 56.3 Å². The Morgan fingerprint density at radius 1 is 0.968 bits per heavy atom. The number of aromatic nitrogens is 2. The molecule has 31 heavy (non-hydrogen) atoms. The highest BCUT2D eigenvalue weighted by molar-refractivity contribution is 5.61. The highest BCUT2D eigenvalue weighted by Crippen LogP contribution is 2.28. The molecule has 1 aliphatic rings. The van der Waals surface area contributed by atoms with Gasteiger partial charge in [-0.15, -0.1) is 0 Å². The van der Waals surface area contributed by atoms with Gasteiger partial charge in [-0.25, -0.2) is 14.4 Å². The SMILES string of the molecule is Cc1nc(-c2ccccc2)nc(N2CCN(C[C@H](C)O)CC2)c1Cc1ccccc1F. The number of halogens is 1. The Morgan fingerprint density at radius 3 is 2.32 bits per heavy atom. The minimum absolute atomic E-state index is 0.207. The summed E-state index contributed by atoms with van der Waals surface area (Å²) in [5.74, 6) is 1.37. The average molecular weight is 421 g/mol. The zero-order valence-corrected chi connectivity index (χ0v) is 18.1.